The average molecular weight is 409 g/mol. The minimum Gasteiger partial charge on any atom is -0.323 e. The maximum atomic E-state index is 13.1. The molecule has 1 N–H and O–H groups in total. The lowest BCUT2D eigenvalue weighted by Crippen LogP contribution is -2.15. The van der Waals surface area contributed by atoms with Crippen LogP contribution in [-0.2, 0) is 9.95 Å². The number of anilines is 1. The van der Waals surface area contributed by atoms with Crippen molar-refractivity contribution in [1.82, 2.24) is 9.55 Å². The number of imidazole rings is 1. The third-order valence-electron chi connectivity index (χ3n) is 5.17. The number of hydrogen-bond acceptors (Lipinski definition) is 2. The zero-order valence-corrected chi connectivity index (χ0v) is 17.8. The van der Waals surface area contributed by atoms with Crippen LogP contribution in [0.4, 0.5) is 10.1 Å². The Morgan fingerprint density at radius 3 is 2.41 bits per heavy atom. The van der Waals surface area contributed by atoms with Gasteiger partial charge in [-0.2, -0.15) is 0 Å². The molecule has 0 fully saturated rings. The monoisotopic (exact) mass is 409 g/mol. The van der Waals surface area contributed by atoms with Gasteiger partial charge in [0.2, 0.25) is 5.91 Å². The van der Waals surface area contributed by atoms with Crippen molar-refractivity contribution in [2.45, 2.75) is 31.8 Å². The van der Waals surface area contributed by atoms with E-state index in [9.17, 15) is 9.18 Å². The van der Waals surface area contributed by atoms with Gasteiger partial charge < -0.3 is 5.32 Å². The van der Waals surface area contributed by atoms with E-state index >= 15 is 0 Å². The standard InChI is InChI=1S/C23H25FN3OP/c1-3-23(29,4-2)17-5-9-19(10-6-17)26-22(28)14-13-21-15-25-16-27(21)20-11-7-18(24)8-12-20/h5-16H,3-4,29H2,1-2H3,(H,26,28)/b14-13+. The Hall–Kier alpha value is -2.78. The first-order valence-corrected chi connectivity index (χ1v) is 10.2. The molecule has 1 heterocycles. The van der Waals surface area contributed by atoms with E-state index in [0.29, 0.717) is 0 Å². The van der Waals surface area contributed by atoms with Crippen molar-refractivity contribution < 1.29 is 9.18 Å². The zero-order chi connectivity index (χ0) is 20.9. The molecule has 1 unspecified atom stereocenters. The molecule has 150 valence electrons. The van der Waals surface area contributed by atoms with Gasteiger partial charge in [0.05, 0.1) is 18.2 Å². The summed E-state index contributed by atoms with van der Waals surface area (Å²) in [5.41, 5.74) is 3.48. The molecule has 3 aromatic rings. The molecule has 2 aromatic carbocycles. The maximum Gasteiger partial charge on any atom is 0.248 e. The van der Waals surface area contributed by atoms with Gasteiger partial charge in [-0.3, -0.25) is 9.36 Å². The molecule has 0 aliphatic rings. The molecule has 0 saturated carbocycles. The maximum absolute atomic E-state index is 13.1. The number of amides is 1. The highest BCUT2D eigenvalue weighted by atomic mass is 31.0. The van der Waals surface area contributed by atoms with E-state index in [-0.39, 0.29) is 16.9 Å². The van der Waals surface area contributed by atoms with Crippen LogP contribution in [0.1, 0.15) is 37.9 Å². The number of nitrogens with zero attached hydrogens (tertiary/aromatic N) is 2. The van der Waals surface area contributed by atoms with Crippen molar-refractivity contribution in [2.75, 3.05) is 5.32 Å². The number of rotatable bonds is 7. The molecular formula is C23H25FN3OP. The quantitative estimate of drug-likeness (QED) is 0.411. The molecule has 0 aliphatic carbocycles. The Balaban J connectivity index is 1.68. The summed E-state index contributed by atoms with van der Waals surface area (Å²) in [6.07, 6.45) is 8.48. The second kappa shape index (κ2) is 9.15. The fourth-order valence-electron chi connectivity index (χ4n) is 3.13. The predicted molar refractivity (Wildman–Crippen MR) is 120 cm³/mol. The van der Waals surface area contributed by atoms with E-state index in [0.717, 1.165) is 29.9 Å². The minimum absolute atomic E-state index is 0.0706. The van der Waals surface area contributed by atoms with Crippen LogP contribution in [0.5, 0.6) is 0 Å². The third-order valence-corrected chi connectivity index (χ3v) is 6.32. The lowest BCUT2D eigenvalue weighted by Gasteiger charge is -2.27. The summed E-state index contributed by atoms with van der Waals surface area (Å²) in [4.78, 5) is 16.4. The third kappa shape index (κ3) is 4.99. The van der Waals surface area contributed by atoms with Crippen molar-refractivity contribution in [3.63, 3.8) is 0 Å². The van der Waals surface area contributed by atoms with Gasteiger partial charge in [0.1, 0.15) is 5.82 Å². The van der Waals surface area contributed by atoms with Crippen LogP contribution in [0.3, 0.4) is 0 Å². The number of carbonyl (C=O) groups excluding carboxylic acids is 1. The molecule has 0 saturated heterocycles. The summed E-state index contributed by atoms with van der Waals surface area (Å²) in [6, 6.07) is 14.1. The average Bonchev–Trinajstić information content (AvgIpc) is 3.21. The van der Waals surface area contributed by atoms with Crippen LogP contribution in [0.25, 0.3) is 11.8 Å². The highest BCUT2D eigenvalue weighted by molar-refractivity contribution is 7.18. The SMILES string of the molecule is CCC(P)(CC)c1ccc(NC(=O)/C=C/c2cncn2-c2ccc(F)cc2)cc1. The van der Waals surface area contributed by atoms with Gasteiger partial charge in [-0.1, -0.05) is 26.0 Å². The second-order valence-corrected chi connectivity index (χ2v) is 8.03. The largest absolute Gasteiger partial charge is 0.323 e. The van der Waals surface area contributed by atoms with Crippen LogP contribution in [0, 0.1) is 5.82 Å². The van der Waals surface area contributed by atoms with Crippen LogP contribution < -0.4 is 5.32 Å². The molecule has 1 aromatic heterocycles. The van der Waals surface area contributed by atoms with Crippen molar-refractivity contribution in [2.24, 2.45) is 0 Å². The molecule has 29 heavy (non-hydrogen) atoms. The van der Waals surface area contributed by atoms with Crippen LogP contribution >= 0.6 is 9.24 Å². The molecule has 0 spiro atoms. The van der Waals surface area contributed by atoms with Gasteiger partial charge in [0.15, 0.2) is 0 Å². The van der Waals surface area contributed by atoms with E-state index in [1.165, 1.54) is 23.8 Å². The van der Waals surface area contributed by atoms with E-state index in [2.05, 4.69) is 45.5 Å². The lowest BCUT2D eigenvalue weighted by molar-refractivity contribution is -0.111. The number of halogens is 1. The Kier molecular flexibility index (Phi) is 6.60. The molecule has 0 radical (unpaired) electrons. The fraction of sp³-hybridized carbons (Fsp3) is 0.217. The number of carbonyl (C=O) groups is 1. The molecule has 3 rings (SSSR count). The zero-order valence-electron chi connectivity index (χ0n) is 16.6. The van der Waals surface area contributed by atoms with Gasteiger partial charge in [-0.25, -0.2) is 9.37 Å². The molecule has 1 atom stereocenters. The van der Waals surface area contributed by atoms with Crippen molar-refractivity contribution in [3.8, 4) is 5.69 Å². The van der Waals surface area contributed by atoms with Crippen molar-refractivity contribution in [3.05, 3.63) is 84.2 Å². The van der Waals surface area contributed by atoms with Crippen molar-refractivity contribution >= 4 is 26.9 Å². The summed E-state index contributed by atoms with van der Waals surface area (Å²) < 4.78 is 14.9. The second-order valence-electron chi connectivity index (χ2n) is 6.93. The van der Waals surface area contributed by atoms with Crippen LogP contribution in [-0.4, -0.2) is 15.5 Å². The number of benzene rings is 2. The van der Waals surface area contributed by atoms with Gasteiger partial charge >= 0.3 is 0 Å². The van der Waals surface area contributed by atoms with E-state index in [1.807, 2.05) is 12.1 Å². The number of hydrogen-bond donors (Lipinski definition) is 1. The Morgan fingerprint density at radius 2 is 1.79 bits per heavy atom. The topological polar surface area (TPSA) is 46.9 Å². The summed E-state index contributed by atoms with van der Waals surface area (Å²) >= 11 is 0. The molecule has 6 heteroatoms. The minimum atomic E-state index is -0.298. The highest BCUT2D eigenvalue weighted by Crippen LogP contribution is 2.38. The first-order valence-electron chi connectivity index (χ1n) is 9.62. The summed E-state index contributed by atoms with van der Waals surface area (Å²) in [5.74, 6) is -0.527. The summed E-state index contributed by atoms with van der Waals surface area (Å²) in [7, 11) is 2.95. The molecule has 0 bridgehead atoms. The van der Waals surface area contributed by atoms with Gasteiger partial charge in [-0.15, -0.1) is 9.24 Å². The highest BCUT2D eigenvalue weighted by Gasteiger charge is 2.22. The van der Waals surface area contributed by atoms with E-state index in [4.69, 9.17) is 0 Å². The first-order chi connectivity index (χ1) is 13.9. The Bertz CT molecular complexity index is 990. The normalized spacial score (nSPS) is 11.7. The number of aromatic nitrogens is 2. The molecular weight excluding hydrogens is 384 g/mol. The molecule has 1 amide bonds. The van der Waals surface area contributed by atoms with E-state index in [1.54, 1.807) is 35.3 Å². The van der Waals surface area contributed by atoms with E-state index < -0.39 is 0 Å². The van der Waals surface area contributed by atoms with Crippen molar-refractivity contribution in [1.29, 1.82) is 0 Å². The Morgan fingerprint density at radius 1 is 1.14 bits per heavy atom. The predicted octanol–water partition coefficient (Wildman–Crippen LogP) is 5.55. The number of nitrogens with one attached hydrogen (secondary N) is 1. The van der Waals surface area contributed by atoms with Gasteiger partial charge in [0.25, 0.3) is 0 Å². The molecule has 4 nitrogen and oxygen atoms in total. The van der Waals surface area contributed by atoms with Crippen LogP contribution in [0.15, 0.2) is 67.1 Å². The first kappa shape index (κ1) is 20.9. The lowest BCUT2D eigenvalue weighted by atomic mass is 9.92. The fourth-order valence-corrected chi connectivity index (χ4v) is 3.33. The van der Waals surface area contributed by atoms with Gasteiger partial charge in [-0.05, 0) is 60.9 Å². The smallest absolute Gasteiger partial charge is 0.248 e. The van der Waals surface area contributed by atoms with Crippen LogP contribution in [0.2, 0.25) is 0 Å². The summed E-state index contributed by atoms with van der Waals surface area (Å²) in [6.45, 7) is 4.35. The Labute approximate surface area is 173 Å². The van der Waals surface area contributed by atoms with Gasteiger partial charge in [0, 0.05) is 22.6 Å². The molecule has 0 aliphatic heterocycles. The summed E-state index contributed by atoms with van der Waals surface area (Å²) in [5, 5.41) is 2.94.